The average Bonchev–Trinajstić information content (AvgIpc) is 3.19. The smallest absolute Gasteiger partial charge is 0.266 e. The van der Waals surface area contributed by atoms with Gasteiger partial charge in [0.25, 0.3) is 23.6 Å². The summed E-state index contributed by atoms with van der Waals surface area (Å²) in [5.41, 5.74) is 6.98. The molecule has 6 nitrogen and oxygen atoms in total. The number of carbonyl (C=O) groups is 4. The van der Waals surface area contributed by atoms with Crippen molar-refractivity contribution in [3.05, 3.63) is 123 Å². The van der Waals surface area contributed by atoms with Crippen molar-refractivity contribution in [3.8, 4) is 0 Å². The van der Waals surface area contributed by atoms with Gasteiger partial charge in [-0.3, -0.25) is 19.2 Å². The number of fused-ring (bicyclic) bond motifs is 2. The van der Waals surface area contributed by atoms with E-state index >= 15 is 0 Å². The summed E-state index contributed by atoms with van der Waals surface area (Å²) < 4.78 is 2.65. The molecule has 7 aromatic rings. The van der Waals surface area contributed by atoms with Gasteiger partial charge in [-0.25, -0.2) is 9.80 Å². The van der Waals surface area contributed by atoms with E-state index in [1.807, 2.05) is 60.7 Å². The zero-order chi connectivity index (χ0) is 40.9. The predicted octanol–water partition coefficient (Wildman–Crippen LogP) is 14.2. The van der Waals surface area contributed by atoms with Crippen LogP contribution >= 0.6 is 63.7 Å². The van der Waals surface area contributed by atoms with Crippen molar-refractivity contribution >= 4 is 142 Å². The van der Waals surface area contributed by atoms with Gasteiger partial charge in [-0.2, -0.15) is 0 Å². The maximum Gasteiger partial charge on any atom is 0.266 e. The number of amides is 4. The molecule has 0 aromatic heterocycles. The molecular formula is C48H38Br4N2O4. The fraction of sp³-hybridized carbons (Fsp3) is 0.250. The van der Waals surface area contributed by atoms with Crippen LogP contribution in [0.1, 0.15) is 117 Å². The van der Waals surface area contributed by atoms with Gasteiger partial charge in [0.15, 0.2) is 0 Å². The largest absolute Gasteiger partial charge is 0.268 e. The summed E-state index contributed by atoms with van der Waals surface area (Å²) >= 11 is 15.6. The van der Waals surface area contributed by atoms with E-state index in [0.717, 1.165) is 106 Å². The molecule has 0 radical (unpaired) electrons. The van der Waals surface area contributed by atoms with Crippen molar-refractivity contribution in [2.45, 2.75) is 79.1 Å². The van der Waals surface area contributed by atoms with Crippen molar-refractivity contribution in [2.24, 2.45) is 0 Å². The second-order valence-corrected chi connectivity index (χ2v) is 18.8. The Labute approximate surface area is 370 Å². The number of hydrogen-bond acceptors (Lipinski definition) is 4. The van der Waals surface area contributed by atoms with Gasteiger partial charge in [-0.15, -0.1) is 0 Å². The zero-order valence-electron chi connectivity index (χ0n) is 32.5. The Morgan fingerprint density at radius 3 is 0.845 bits per heavy atom. The Morgan fingerprint density at radius 1 is 0.379 bits per heavy atom. The highest BCUT2D eigenvalue weighted by atomic mass is 79.9. The summed E-state index contributed by atoms with van der Waals surface area (Å²) in [6.45, 7) is 8.40. The third kappa shape index (κ3) is 5.57. The van der Waals surface area contributed by atoms with E-state index in [1.165, 1.54) is 9.80 Å². The quantitative estimate of drug-likeness (QED) is 0.0777. The fourth-order valence-corrected chi connectivity index (χ4v) is 12.1. The first-order chi connectivity index (χ1) is 28.0. The number of benzene rings is 7. The van der Waals surface area contributed by atoms with Crippen LogP contribution in [0.2, 0.25) is 0 Å². The fourth-order valence-electron chi connectivity index (χ4n) is 9.61. The number of aryl methyl sites for hydroxylation is 4. The molecule has 2 aliphatic heterocycles. The molecule has 58 heavy (non-hydrogen) atoms. The Morgan fingerprint density at radius 2 is 0.621 bits per heavy atom. The number of rotatable bonds is 10. The molecule has 0 fully saturated rings. The van der Waals surface area contributed by atoms with Crippen LogP contribution in [-0.2, 0) is 25.7 Å². The second kappa shape index (κ2) is 14.9. The lowest BCUT2D eigenvalue weighted by molar-refractivity contribution is 0.0877. The maximum atomic E-state index is 14.9. The van der Waals surface area contributed by atoms with Gasteiger partial charge in [-0.1, -0.05) is 153 Å². The van der Waals surface area contributed by atoms with Crippen LogP contribution in [0.3, 0.4) is 0 Å². The molecule has 292 valence electrons. The number of carbonyl (C=O) groups excluding carboxylic acids is 4. The highest BCUT2D eigenvalue weighted by molar-refractivity contribution is 9.11. The van der Waals surface area contributed by atoms with Gasteiger partial charge >= 0.3 is 0 Å². The second-order valence-electron chi connectivity index (χ2n) is 15.4. The Kier molecular flexibility index (Phi) is 10.2. The Bertz CT molecular complexity index is 2610. The topological polar surface area (TPSA) is 74.8 Å². The minimum Gasteiger partial charge on any atom is -0.268 e. The number of anilines is 2. The van der Waals surface area contributed by atoms with Gasteiger partial charge in [0.2, 0.25) is 0 Å². The highest BCUT2D eigenvalue weighted by Crippen LogP contribution is 2.54. The first-order valence-electron chi connectivity index (χ1n) is 20.0. The minimum atomic E-state index is -0.366. The monoisotopic (exact) mass is 1020 g/mol. The first kappa shape index (κ1) is 39.5. The van der Waals surface area contributed by atoms with Crippen LogP contribution in [0.4, 0.5) is 11.4 Å². The molecule has 2 aliphatic rings. The van der Waals surface area contributed by atoms with E-state index in [2.05, 4.69) is 91.4 Å². The van der Waals surface area contributed by atoms with Crippen LogP contribution in [0.25, 0.3) is 43.1 Å². The summed E-state index contributed by atoms with van der Waals surface area (Å²) in [6, 6.07) is 19.5. The van der Waals surface area contributed by atoms with Gasteiger partial charge in [-0.05, 0) is 72.2 Å². The lowest BCUT2D eigenvalue weighted by Crippen LogP contribution is -2.42. The summed E-state index contributed by atoms with van der Waals surface area (Å²) in [6.07, 6.45) is 6.41. The van der Waals surface area contributed by atoms with E-state index in [4.69, 9.17) is 0 Å². The number of halogens is 4. The van der Waals surface area contributed by atoms with Gasteiger partial charge in [0.05, 0.1) is 33.6 Å². The molecule has 0 aliphatic carbocycles. The molecule has 0 N–H and O–H groups in total. The van der Waals surface area contributed by atoms with Crippen LogP contribution in [0.15, 0.2) is 78.6 Å². The van der Waals surface area contributed by atoms with E-state index in [1.54, 1.807) is 0 Å². The van der Waals surface area contributed by atoms with Crippen LogP contribution < -0.4 is 9.80 Å². The lowest BCUT2D eigenvalue weighted by Gasteiger charge is -2.33. The van der Waals surface area contributed by atoms with Crippen molar-refractivity contribution < 1.29 is 19.2 Å². The number of para-hydroxylation sites is 2. The van der Waals surface area contributed by atoms with Crippen LogP contribution in [-0.4, -0.2) is 23.6 Å². The number of nitrogens with zero attached hydrogens (tertiary/aromatic N) is 2. The van der Waals surface area contributed by atoms with Gasteiger partial charge in [0.1, 0.15) is 0 Å². The van der Waals surface area contributed by atoms with Crippen molar-refractivity contribution in [1.82, 2.24) is 0 Å². The van der Waals surface area contributed by atoms with Gasteiger partial charge in [0, 0.05) is 61.0 Å². The molecule has 4 amide bonds. The third-order valence-corrected chi connectivity index (χ3v) is 14.3. The van der Waals surface area contributed by atoms with Crippen molar-refractivity contribution in [1.29, 1.82) is 0 Å². The predicted molar refractivity (Wildman–Crippen MR) is 250 cm³/mol. The molecule has 0 spiro atoms. The number of imide groups is 2. The SMILES string of the molecule is CCCc1cccc(CCC)c1N1C(=O)c2cc(Br)c3c4c(Br)cc5c6c(cc(Br)c(c7c(Br)cc(c2c37)C1=O)c64)C(=O)N(c1c(CCC)cccc1CCC)C5=O. The standard InChI is InChI=1S/C48H38Br4N2O4/c1-5-11-23-15-9-16-24(12-6-2)43(23)53-45(55)27-19-31(49)37-39-33(51)21-29-36-30(48(58)54(47(29)57)44-25(13-7-3)17-10-18-26(44)14-8-4)22-34(52)40(42(36)39)38-32(50)20-28(46(53)56)35(27)41(37)38/h9-10,15-22H,5-8,11-14H2,1-4H3. The lowest BCUT2D eigenvalue weighted by atomic mass is 9.81. The molecule has 0 bridgehead atoms. The summed E-state index contributed by atoms with van der Waals surface area (Å²) in [7, 11) is 0. The van der Waals surface area contributed by atoms with E-state index < -0.39 is 0 Å². The maximum absolute atomic E-state index is 14.9. The summed E-state index contributed by atoms with van der Waals surface area (Å²) in [4.78, 5) is 62.5. The van der Waals surface area contributed by atoms with Crippen LogP contribution in [0.5, 0.6) is 0 Å². The highest BCUT2D eigenvalue weighted by Gasteiger charge is 2.41. The third-order valence-electron chi connectivity index (χ3n) is 11.8. The molecule has 9 rings (SSSR count). The molecule has 10 heteroatoms. The number of hydrogen-bond donors (Lipinski definition) is 0. The minimum absolute atomic E-state index is 0.366. The first-order valence-corrected chi connectivity index (χ1v) is 23.1. The molecule has 0 saturated heterocycles. The van der Waals surface area contributed by atoms with Gasteiger partial charge < -0.3 is 0 Å². The Balaban J connectivity index is 1.35. The molecule has 0 atom stereocenters. The van der Waals surface area contributed by atoms with Crippen molar-refractivity contribution in [3.63, 3.8) is 0 Å². The normalized spacial score (nSPS) is 14.1. The molecule has 2 heterocycles. The molecule has 0 unspecified atom stereocenters. The summed E-state index contributed by atoms with van der Waals surface area (Å²) in [5.74, 6) is -1.46. The van der Waals surface area contributed by atoms with E-state index in [-0.39, 0.29) is 23.6 Å². The molecule has 7 aromatic carbocycles. The van der Waals surface area contributed by atoms with E-state index in [0.29, 0.717) is 62.3 Å². The molecular weight excluding hydrogens is 988 g/mol. The summed E-state index contributed by atoms with van der Waals surface area (Å²) in [5, 5.41) is 5.77. The molecule has 0 saturated carbocycles. The zero-order valence-corrected chi connectivity index (χ0v) is 38.8. The van der Waals surface area contributed by atoms with Crippen LogP contribution in [0, 0.1) is 0 Å². The van der Waals surface area contributed by atoms with Crippen molar-refractivity contribution in [2.75, 3.05) is 9.80 Å². The van der Waals surface area contributed by atoms with E-state index in [9.17, 15) is 19.2 Å². The Hall–Kier alpha value is -3.96. The average molecular weight is 1030 g/mol.